The number of benzene rings is 8. The Kier molecular flexibility index (Phi) is 5.47. The average molecular weight is 663 g/mol. The minimum absolute atomic E-state index is 1.13. The van der Waals surface area contributed by atoms with Gasteiger partial charge in [-0.25, -0.2) is 0 Å². The second-order valence-electron chi connectivity index (χ2n) is 13.8. The molecule has 1 aliphatic heterocycles. The van der Waals surface area contributed by atoms with E-state index < -0.39 is 0 Å². The van der Waals surface area contributed by atoms with Crippen molar-refractivity contribution in [2.45, 2.75) is 0 Å². The van der Waals surface area contributed by atoms with Gasteiger partial charge in [-0.3, -0.25) is 0 Å². The molecule has 4 heteroatoms. The molecule has 12 rings (SSSR count). The fourth-order valence-corrected chi connectivity index (χ4v) is 9.00. The summed E-state index contributed by atoms with van der Waals surface area (Å²) in [7, 11) is 0. The fraction of sp³-hybridized carbons (Fsp3) is 0. The van der Waals surface area contributed by atoms with Gasteiger partial charge in [-0.2, -0.15) is 0 Å². The first kappa shape index (κ1) is 27.7. The van der Waals surface area contributed by atoms with Gasteiger partial charge in [0.05, 0.1) is 50.2 Å². The molecule has 0 saturated carbocycles. The predicted octanol–water partition coefficient (Wildman–Crippen LogP) is 12.8. The molecule has 0 spiro atoms. The molecule has 242 valence electrons. The molecule has 0 saturated heterocycles. The Balaban J connectivity index is 1.10. The number of hydrogen-bond donors (Lipinski definition) is 0. The summed E-state index contributed by atoms with van der Waals surface area (Å²) in [6, 6.07) is 66.4. The highest BCUT2D eigenvalue weighted by Crippen LogP contribution is 2.50. The van der Waals surface area contributed by atoms with Crippen molar-refractivity contribution in [2.75, 3.05) is 4.90 Å². The van der Waals surface area contributed by atoms with Crippen molar-refractivity contribution in [3.8, 4) is 17.1 Å². The zero-order valence-electron chi connectivity index (χ0n) is 28.1. The van der Waals surface area contributed by atoms with Gasteiger partial charge in [-0.1, -0.05) is 97.1 Å². The molecule has 4 heterocycles. The van der Waals surface area contributed by atoms with Crippen LogP contribution in [0, 0.1) is 0 Å². The number of para-hydroxylation sites is 7. The van der Waals surface area contributed by atoms with Gasteiger partial charge in [0.1, 0.15) is 0 Å². The van der Waals surface area contributed by atoms with Gasteiger partial charge in [0, 0.05) is 49.4 Å². The third-order valence-corrected chi connectivity index (χ3v) is 11.1. The number of aromatic nitrogens is 3. The van der Waals surface area contributed by atoms with Gasteiger partial charge >= 0.3 is 0 Å². The minimum atomic E-state index is 1.13. The summed E-state index contributed by atoms with van der Waals surface area (Å²) < 4.78 is 7.29. The van der Waals surface area contributed by atoms with Gasteiger partial charge in [0.15, 0.2) is 0 Å². The van der Waals surface area contributed by atoms with Crippen LogP contribution in [0.5, 0.6) is 0 Å². The summed E-state index contributed by atoms with van der Waals surface area (Å²) in [6.45, 7) is 0. The molecule has 0 aliphatic carbocycles. The Morgan fingerprint density at radius 1 is 0.250 bits per heavy atom. The topological polar surface area (TPSA) is 18.0 Å². The highest BCUT2D eigenvalue weighted by molar-refractivity contribution is 6.22. The molecule has 0 N–H and O–H groups in total. The van der Waals surface area contributed by atoms with E-state index in [-0.39, 0.29) is 0 Å². The lowest BCUT2D eigenvalue weighted by Crippen LogP contribution is -2.18. The zero-order chi connectivity index (χ0) is 33.9. The first-order valence-corrected chi connectivity index (χ1v) is 17.9. The quantitative estimate of drug-likeness (QED) is 0.184. The van der Waals surface area contributed by atoms with Crippen molar-refractivity contribution in [3.05, 3.63) is 182 Å². The standard InChI is InChI=1S/C48H30N4/c1-2-13-31(14-3-1)50-42-21-9-6-17-36(42)38-29-47-39(30-46(38)50)37-18-12-24-45-48(37)52(47)44-23-11-10-22-43(44)51(45)33-27-25-32(26-28-33)49-40-19-7-4-15-34(40)35-16-5-8-20-41(35)49/h1-30H. The first-order chi connectivity index (χ1) is 25.8. The van der Waals surface area contributed by atoms with Crippen molar-refractivity contribution in [3.63, 3.8) is 0 Å². The summed E-state index contributed by atoms with van der Waals surface area (Å²) in [5.41, 5.74) is 14.3. The van der Waals surface area contributed by atoms with Crippen LogP contribution in [0.25, 0.3) is 82.5 Å². The van der Waals surface area contributed by atoms with Crippen LogP contribution in [0.3, 0.4) is 0 Å². The molecule has 4 nitrogen and oxygen atoms in total. The second kappa shape index (κ2) is 10.3. The minimum Gasteiger partial charge on any atom is -0.309 e. The third-order valence-electron chi connectivity index (χ3n) is 11.1. The molecule has 8 aromatic carbocycles. The van der Waals surface area contributed by atoms with E-state index >= 15 is 0 Å². The first-order valence-electron chi connectivity index (χ1n) is 17.9. The lowest BCUT2D eigenvalue weighted by atomic mass is 10.1. The van der Waals surface area contributed by atoms with Crippen molar-refractivity contribution in [1.82, 2.24) is 13.7 Å². The molecular formula is C48H30N4. The van der Waals surface area contributed by atoms with E-state index in [1.54, 1.807) is 0 Å². The molecule has 0 bridgehead atoms. The molecule has 0 unspecified atom stereocenters. The Hall–Kier alpha value is -7.04. The zero-order valence-corrected chi connectivity index (χ0v) is 28.1. The number of nitrogens with zero attached hydrogens (tertiary/aromatic N) is 4. The maximum absolute atomic E-state index is 2.49. The van der Waals surface area contributed by atoms with Crippen LogP contribution in [0.2, 0.25) is 0 Å². The summed E-state index contributed by atoms with van der Waals surface area (Å²) >= 11 is 0. The van der Waals surface area contributed by atoms with E-state index in [2.05, 4.69) is 201 Å². The van der Waals surface area contributed by atoms with Crippen LogP contribution in [-0.2, 0) is 0 Å². The largest absolute Gasteiger partial charge is 0.309 e. The fourth-order valence-electron chi connectivity index (χ4n) is 9.00. The maximum Gasteiger partial charge on any atom is 0.0783 e. The summed E-state index contributed by atoms with van der Waals surface area (Å²) in [4.78, 5) is 2.44. The molecular weight excluding hydrogens is 633 g/mol. The number of anilines is 3. The molecule has 0 fully saturated rings. The van der Waals surface area contributed by atoms with Crippen molar-refractivity contribution >= 4 is 82.5 Å². The van der Waals surface area contributed by atoms with Gasteiger partial charge in [0.25, 0.3) is 0 Å². The number of rotatable bonds is 3. The van der Waals surface area contributed by atoms with Gasteiger partial charge in [-0.15, -0.1) is 0 Å². The monoisotopic (exact) mass is 662 g/mol. The van der Waals surface area contributed by atoms with E-state index in [4.69, 9.17) is 0 Å². The molecule has 1 aliphatic rings. The Labute approximate surface area is 299 Å². The van der Waals surface area contributed by atoms with Crippen molar-refractivity contribution in [1.29, 1.82) is 0 Å². The highest BCUT2D eigenvalue weighted by atomic mass is 15.2. The van der Waals surface area contributed by atoms with Crippen LogP contribution < -0.4 is 4.90 Å². The summed E-state index contributed by atoms with van der Waals surface area (Å²) in [5, 5.41) is 7.56. The van der Waals surface area contributed by atoms with E-state index in [9.17, 15) is 0 Å². The molecule has 0 radical (unpaired) electrons. The third kappa shape index (κ3) is 3.60. The van der Waals surface area contributed by atoms with E-state index in [0.717, 1.165) is 17.1 Å². The summed E-state index contributed by atoms with van der Waals surface area (Å²) in [6.07, 6.45) is 0. The number of fused-ring (bicyclic) bond motifs is 11. The second-order valence-corrected chi connectivity index (χ2v) is 13.8. The van der Waals surface area contributed by atoms with Crippen LogP contribution in [0.1, 0.15) is 0 Å². The van der Waals surface area contributed by atoms with E-state index in [1.807, 2.05) is 0 Å². The highest BCUT2D eigenvalue weighted by Gasteiger charge is 2.29. The van der Waals surface area contributed by atoms with Crippen molar-refractivity contribution < 1.29 is 0 Å². The van der Waals surface area contributed by atoms with Crippen LogP contribution >= 0.6 is 0 Å². The van der Waals surface area contributed by atoms with Crippen LogP contribution in [-0.4, -0.2) is 13.7 Å². The van der Waals surface area contributed by atoms with E-state index in [0.29, 0.717) is 0 Å². The van der Waals surface area contributed by atoms with Gasteiger partial charge in [-0.05, 0) is 84.9 Å². The predicted molar refractivity (Wildman–Crippen MR) is 218 cm³/mol. The molecule has 52 heavy (non-hydrogen) atoms. The van der Waals surface area contributed by atoms with Crippen LogP contribution in [0.4, 0.5) is 17.1 Å². The van der Waals surface area contributed by atoms with Crippen LogP contribution in [0.15, 0.2) is 182 Å². The Bertz CT molecular complexity index is 3180. The Morgan fingerprint density at radius 2 is 0.692 bits per heavy atom. The van der Waals surface area contributed by atoms with E-state index in [1.165, 1.54) is 82.5 Å². The molecule has 3 aromatic heterocycles. The molecule has 0 atom stereocenters. The maximum atomic E-state index is 2.49. The summed E-state index contributed by atoms with van der Waals surface area (Å²) in [5.74, 6) is 0. The lowest BCUT2D eigenvalue weighted by Gasteiger charge is -2.33. The molecule has 0 amide bonds. The smallest absolute Gasteiger partial charge is 0.0783 e. The average Bonchev–Trinajstić information content (AvgIpc) is 3.84. The normalized spacial score (nSPS) is 12.6. The number of hydrogen-bond acceptors (Lipinski definition) is 1. The van der Waals surface area contributed by atoms with Gasteiger partial charge < -0.3 is 18.6 Å². The van der Waals surface area contributed by atoms with Gasteiger partial charge in [0.2, 0.25) is 0 Å². The van der Waals surface area contributed by atoms with Crippen molar-refractivity contribution in [2.24, 2.45) is 0 Å². The Morgan fingerprint density at radius 3 is 1.37 bits per heavy atom. The SMILES string of the molecule is c1ccc(-n2c3ccccc3c3cc4c(cc32)c2cccc3c2n4-c2ccccc2N3c2ccc(-n3c4ccccc4c4ccccc43)cc2)cc1. The molecule has 11 aromatic rings. The lowest BCUT2D eigenvalue weighted by molar-refractivity contribution is 1.11.